The number of ether oxygens (including phenoxy) is 3. The zero-order valence-electron chi connectivity index (χ0n) is 11.6. The van der Waals surface area contributed by atoms with Crippen molar-refractivity contribution in [1.29, 1.82) is 0 Å². The Morgan fingerprint density at radius 2 is 1.95 bits per heavy atom. The standard InChI is InChI=1S/C14H21NO4/c1-11(9-17-2)19-10-14(15,13(16)18-3)12-7-5-4-6-8-12/h4-8,11H,9-10,15H2,1-3H3. The van der Waals surface area contributed by atoms with E-state index >= 15 is 0 Å². The summed E-state index contributed by atoms with van der Waals surface area (Å²) in [6.07, 6.45) is -0.152. The van der Waals surface area contributed by atoms with Crippen molar-refractivity contribution in [1.82, 2.24) is 0 Å². The fraction of sp³-hybridized carbons (Fsp3) is 0.500. The van der Waals surface area contributed by atoms with E-state index < -0.39 is 11.5 Å². The second kappa shape index (κ2) is 7.23. The molecule has 0 aromatic heterocycles. The van der Waals surface area contributed by atoms with Gasteiger partial charge in [-0.2, -0.15) is 0 Å². The van der Waals surface area contributed by atoms with Crippen LogP contribution in [0.25, 0.3) is 0 Å². The molecule has 0 aliphatic carbocycles. The van der Waals surface area contributed by atoms with Crippen molar-refractivity contribution in [3.8, 4) is 0 Å². The van der Waals surface area contributed by atoms with E-state index in [1.807, 2.05) is 25.1 Å². The van der Waals surface area contributed by atoms with Crippen LogP contribution >= 0.6 is 0 Å². The highest BCUT2D eigenvalue weighted by molar-refractivity contribution is 5.82. The van der Waals surface area contributed by atoms with Crippen LogP contribution in [0, 0.1) is 0 Å². The Labute approximate surface area is 113 Å². The molecule has 0 aliphatic heterocycles. The zero-order chi connectivity index (χ0) is 14.3. The minimum atomic E-state index is -1.31. The number of carbonyl (C=O) groups excluding carboxylic acids is 1. The Morgan fingerprint density at radius 1 is 1.32 bits per heavy atom. The molecule has 0 amide bonds. The van der Waals surface area contributed by atoms with E-state index in [9.17, 15) is 4.79 Å². The molecule has 0 heterocycles. The molecular formula is C14H21NO4. The summed E-state index contributed by atoms with van der Waals surface area (Å²) in [5.41, 5.74) is 5.53. The van der Waals surface area contributed by atoms with Crippen molar-refractivity contribution >= 4 is 5.97 Å². The molecule has 2 unspecified atom stereocenters. The van der Waals surface area contributed by atoms with Crippen molar-refractivity contribution in [2.45, 2.75) is 18.6 Å². The second-order valence-corrected chi connectivity index (χ2v) is 4.41. The Hall–Kier alpha value is -1.43. The molecule has 1 aromatic rings. The Balaban J connectivity index is 2.86. The number of hydrogen-bond donors (Lipinski definition) is 1. The first kappa shape index (κ1) is 15.6. The predicted molar refractivity (Wildman–Crippen MR) is 71.6 cm³/mol. The summed E-state index contributed by atoms with van der Waals surface area (Å²) in [5, 5.41) is 0. The van der Waals surface area contributed by atoms with Gasteiger partial charge in [-0.25, -0.2) is 4.79 Å². The maximum atomic E-state index is 11.9. The molecule has 0 fully saturated rings. The highest BCUT2D eigenvalue weighted by Gasteiger charge is 2.38. The van der Waals surface area contributed by atoms with Crippen LogP contribution in [0.5, 0.6) is 0 Å². The van der Waals surface area contributed by atoms with Crippen LogP contribution in [0.2, 0.25) is 0 Å². The van der Waals surface area contributed by atoms with Crippen LogP contribution in [0.3, 0.4) is 0 Å². The van der Waals surface area contributed by atoms with Crippen LogP contribution < -0.4 is 5.73 Å². The third-order valence-corrected chi connectivity index (χ3v) is 2.84. The average Bonchev–Trinajstić information content (AvgIpc) is 2.45. The van der Waals surface area contributed by atoms with Gasteiger partial charge in [0.2, 0.25) is 0 Å². The third kappa shape index (κ3) is 4.02. The molecular weight excluding hydrogens is 246 g/mol. The smallest absolute Gasteiger partial charge is 0.332 e. The van der Waals surface area contributed by atoms with Crippen LogP contribution in [-0.4, -0.2) is 39.5 Å². The van der Waals surface area contributed by atoms with Gasteiger partial charge in [0.1, 0.15) is 0 Å². The van der Waals surface area contributed by atoms with Crippen LogP contribution in [0.4, 0.5) is 0 Å². The normalized spacial score (nSPS) is 15.6. The topological polar surface area (TPSA) is 70.8 Å². The van der Waals surface area contributed by atoms with Gasteiger partial charge < -0.3 is 19.9 Å². The summed E-state index contributed by atoms with van der Waals surface area (Å²) in [7, 11) is 2.90. The lowest BCUT2D eigenvalue weighted by molar-refractivity contribution is -0.151. The van der Waals surface area contributed by atoms with Gasteiger partial charge in [0, 0.05) is 7.11 Å². The van der Waals surface area contributed by atoms with Gasteiger partial charge in [0.25, 0.3) is 0 Å². The van der Waals surface area contributed by atoms with Crippen molar-refractivity contribution in [2.75, 3.05) is 27.4 Å². The number of methoxy groups -OCH3 is 2. The maximum absolute atomic E-state index is 11.9. The summed E-state index contributed by atoms with van der Waals surface area (Å²) >= 11 is 0. The summed E-state index contributed by atoms with van der Waals surface area (Å²) in [4.78, 5) is 11.9. The lowest BCUT2D eigenvalue weighted by atomic mass is 9.92. The van der Waals surface area contributed by atoms with Crippen LogP contribution in [0.15, 0.2) is 30.3 Å². The van der Waals surface area contributed by atoms with Gasteiger partial charge in [-0.05, 0) is 12.5 Å². The largest absolute Gasteiger partial charge is 0.467 e. The summed E-state index contributed by atoms with van der Waals surface area (Å²) in [6, 6.07) is 9.05. The summed E-state index contributed by atoms with van der Waals surface area (Å²) < 4.78 is 15.3. The lowest BCUT2D eigenvalue weighted by Crippen LogP contribution is -2.50. The van der Waals surface area contributed by atoms with Crippen molar-refractivity contribution in [3.05, 3.63) is 35.9 Å². The molecule has 1 rings (SSSR count). The number of esters is 1. The SMILES string of the molecule is COCC(C)OCC(N)(C(=O)OC)c1ccccc1. The Bertz CT molecular complexity index is 396. The number of benzene rings is 1. The molecule has 0 spiro atoms. The average molecular weight is 267 g/mol. The molecule has 0 aliphatic rings. The highest BCUT2D eigenvalue weighted by Crippen LogP contribution is 2.21. The zero-order valence-corrected chi connectivity index (χ0v) is 11.6. The molecule has 1 aromatic carbocycles. The molecule has 2 atom stereocenters. The second-order valence-electron chi connectivity index (χ2n) is 4.41. The number of rotatable bonds is 7. The van der Waals surface area contributed by atoms with E-state index in [2.05, 4.69) is 0 Å². The molecule has 106 valence electrons. The third-order valence-electron chi connectivity index (χ3n) is 2.84. The minimum Gasteiger partial charge on any atom is -0.467 e. The van der Waals surface area contributed by atoms with Gasteiger partial charge in [0.05, 0.1) is 26.4 Å². The summed E-state index contributed by atoms with van der Waals surface area (Å²) in [5.74, 6) is -0.525. The Morgan fingerprint density at radius 3 is 2.47 bits per heavy atom. The number of hydrogen-bond acceptors (Lipinski definition) is 5. The van der Waals surface area contributed by atoms with Crippen LogP contribution in [0.1, 0.15) is 12.5 Å². The van der Waals surface area contributed by atoms with E-state index in [0.29, 0.717) is 12.2 Å². The Kier molecular flexibility index (Phi) is 5.95. The molecule has 0 saturated carbocycles. The first-order chi connectivity index (χ1) is 9.04. The van der Waals surface area contributed by atoms with Crippen molar-refractivity contribution < 1.29 is 19.0 Å². The summed E-state index contributed by atoms with van der Waals surface area (Å²) in [6.45, 7) is 2.33. The first-order valence-electron chi connectivity index (χ1n) is 6.08. The number of nitrogens with two attached hydrogens (primary N) is 1. The minimum absolute atomic E-state index is 0.0359. The van der Waals surface area contributed by atoms with E-state index in [1.165, 1.54) is 7.11 Å². The van der Waals surface area contributed by atoms with Crippen molar-refractivity contribution in [2.24, 2.45) is 5.73 Å². The van der Waals surface area contributed by atoms with E-state index in [1.54, 1.807) is 19.2 Å². The molecule has 19 heavy (non-hydrogen) atoms. The quantitative estimate of drug-likeness (QED) is 0.748. The molecule has 2 N–H and O–H groups in total. The lowest BCUT2D eigenvalue weighted by Gasteiger charge is -2.28. The number of carbonyl (C=O) groups is 1. The van der Waals surface area contributed by atoms with Gasteiger partial charge in [-0.15, -0.1) is 0 Å². The van der Waals surface area contributed by atoms with Gasteiger partial charge >= 0.3 is 5.97 Å². The van der Waals surface area contributed by atoms with Gasteiger partial charge in [-0.1, -0.05) is 30.3 Å². The van der Waals surface area contributed by atoms with E-state index in [0.717, 1.165) is 0 Å². The van der Waals surface area contributed by atoms with E-state index in [4.69, 9.17) is 19.9 Å². The molecule has 0 saturated heterocycles. The van der Waals surface area contributed by atoms with E-state index in [-0.39, 0.29) is 12.7 Å². The van der Waals surface area contributed by atoms with Crippen LogP contribution in [-0.2, 0) is 24.5 Å². The van der Waals surface area contributed by atoms with Gasteiger partial charge in [0.15, 0.2) is 5.54 Å². The van der Waals surface area contributed by atoms with Crippen molar-refractivity contribution in [3.63, 3.8) is 0 Å². The molecule has 5 heteroatoms. The molecule has 0 radical (unpaired) electrons. The highest BCUT2D eigenvalue weighted by atomic mass is 16.5. The molecule has 0 bridgehead atoms. The monoisotopic (exact) mass is 267 g/mol. The fourth-order valence-corrected chi connectivity index (χ4v) is 1.73. The fourth-order valence-electron chi connectivity index (χ4n) is 1.73. The predicted octanol–water partition coefficient (Wildman–Crippen LogP) is 1.07. The first-order valence-corrected chi connectivity index (χ1v) is 6.08. The molecule has 5 nitrogen and oxygen atoms in total. The maximum Gasteiger partial charge on any atom is 0.332 e. The van der Waals surface area contributed by atoms with Gasteiger partial charge in [-0.3, -0.25) is 0 Å².